The largest absolute Gasteiger partial charge is 0.301 e. The number of carbonyl (C=O) groups is 1. The van der Waals surface area contributed by atoms with E-state index in [1.165, 1.54) is 11.8 Å². The average Bonchev–Trinajstić information content (AvgIpc) is 2.63. The number of nitrogens with zero attached hydrogens (tertiary/aromatic N) is 1. The minimum Gasteiger partial charge on any atom is -0.301 e. The maximum Gasteiger partial charge on any atom is 0.264 e. The molecule has 3 nitrogen and oxygen atoms in total. The molecule has 82 valence electrons. The van der Waals surface area contributed by atoms with E-state index in [0.29, 0.717) is 15.1 Å². The molecule has 1 fully saturated rings. The highest BCUT2D eigenvalue weighted by molar-refractivity contribution is 8.18. The van der Waals surface area contributed by atoms with Gasteiger partial charge in [-0.15, -0.1) is 0 Å². The number of aliphatic imine (C=N–C) groups is 1. The molecule has 1 aromatic rings. The van der Waals surface area contributed by atoms with E-state index in [1.54, 1.807) is 19.2 Å². The lowest BCUT2D eigenvalue weighted by molar-refractivity contribution is -0.115. The van der Waals surface area contributed by atoms with Gasteiger partial charge in [0.05, 0.1) is 4.91 Å². The molecule has 1 aromatic carbocycles. The molecule has 1 aliphatic heterocycles. The quantitative estimate of drug-likeness (QED) is 0.781. The summed E-state index contributed by atoms with van der Waals surface area (Å²) in [6, 6.07) is 7.31. The number of carbonyl (C=O) groups excluding carboxylic acids is 1. The fourth-order valence-corrected chi connectivity index (χ4v) is 2.15. The molecule has 0 bridgehead atoms. The Kier molecular flexibility index (Phi) is 3.31. The summed E-state index contributed by atoms with van der Waals surface area (Å²) in [5.41, 5.74) is 0.944. The zero-order valence-corrected chi connectivity index (χ0v) is 10.1. The summed E-state index contributed by atoms with van der Waals surface area (Å²) in [5, 5.41) is 3.98. The van der Waals surface area contributed by atoms with Crippen molar-refractivity contribution in [3.05, 3.63) is 39.8 Å². The summed E-state index contributed by atoms with van der Waals surface area (Å²) in [4.78, 5) is 16.1. The maximum absolute atomic E-state index is 11.5. The van der Waals surface area contributed by atoms with Crippen LogP contribution in [-0.4, -0.2) is 18.1 Å². The van der Waals surface area contributed by atoms with Gasteiger partial charge in [-0.25, -0.2) is 0 Å². The fraction of sp³-hybridized carbons (Fsp3) is 0.0909. The van der Waals surface area contributed by atoms with Gasteiger partial charge in [-0.3, -0.25) is 9.79 Å². The number of rotatable bonds is 1. The number of halogens is 1. The Morgan fingerprint density at radius 3 is 2.62 bits per heavy atom. The Labute approximate surface area is 103 Å². The van der Waals surface area contributed by atoms with Gasteiger partial charge in [-0.2, -0.15) is 0 Å². The zero-order valence-electron chi connectivity index (χ0n) is 8.53. The molecule has 1 amide bonds. The summed E-state index contributed by atoms with van der Waals surface area (Å²) in [7, 11) is 1.65. The van der Waals surface area contributed by atoms with Crippen molar-refractivity contribution in [3.63, 3.8) is 0 Å². The first kappa shape index (κ1) is 11.2. The van der Waals surface area contributed by atoms with Crippen molar-refractivity contribution in [2.75, 3.05) is 7.05 Å². The molecule has 16 heavy (non-hydrogen) atoms. The molecule has 0 spiro atoms. The lowest BCUT2D eigenvalue weighted by Gasteiger charge is -1.94. The van der Waals surface area contributed by atoms with E-state index in [1.807, 2.05) is 18.2 Å². The van der Waals surface area contributed by atoms with Crippen molar-refractivity contribution < 1.29 is 4.79 Å². The molecule has 0 aromatic heterocycles. The molecule has 2 rings (SSSR count). The van der Waals surface area contributed by atoms with Gasteiger partial charge in [-0.1, -0.05) is 23.7 Å². The Morgan fingerprint density at radius 2 is 2.06 bits per heavy atom. The number of benzene rings is 1. The van der Waals surface area contributed by atoms with Gasteiger partial charge in [0.25, 0.3) is 5.91 Å². The molecule has 1 N–H and O–H groups in total. The number of amidine groups is 1. The molecule has 1 aliphatic rings. The highest BCUT2D eigenvalue weighted by atomic mass is 35.5. The van der Waals surface area contributed by atoms with Gasteiger partial charge >= 0.3 is 0 Å². The lowest BCUT2D eigenvalue weighted by Crippen LogP contribution is -2.19. The molecule has 5 heteroatoms. The molecule has 0 atom stereocenters. The second-order valence-electron chi connectivity index (χ2n) is 3.15. The monoisotopic (exact) mass is 252 g/mol. The smallest absolute Gasteiger partial charge is 0.264 e. The Balaban J connectivity index is 2.25. The minimum absolute atomic E-state index is 0.111. The topological polar surface area (TPSA) is 41.5 Å². The van der Waals surface area contributed by atoms with Crippen LogP contribution < -0.4 is 5.32 Å². The van der Waals surface area contributed by atoms with Crippen LogP contribution in [0.5, 0.6) is 0 Å². The number of hydrogen-bond donors (Lipinski definition) is 1. The third-order valence-electron chi connectivity index (χ3n) is 2.02. The second kappa shape index (κ2) is 4.72. The Morgan fingerprint density at radius 1 is 1.38 bits per heavy atom. The van der Waals surface area contributed by atoms with E-state index in [-0.39, 0.29) is 5.91 Å². The molecule has 0 aliphatic carbocycles. The summed E-state index contributed by atoms with van der Waals surface area (Å²) in [6.45, 7) is 0. The standard InChI is InChI=1S/C11H9ClN2OS/c1-13-11-14-10(15)9(16-11)6-7-2-4-8(12)5-3-7/h2-6H,1H3,(H,13,14,15). The van der Waals surface area contributed by atoms with Gasteiger partial charge in [0.15, 0.2) is 5.17 Å². The highest BCUT2D eigenvalue weighted by Crippen LogP contribution is 2.25. The van der Waals surface area contributed by atoms with E-state index >= 15 is 0 Å². The van der Waals surface area contributed by atoms with E-state index < -0.39 is 0 Å². The van der Waals surface area contributed by atoms with Crippen LogP contribution in [-0.2, 0) is 4.79 Å². The molecular formula is C11H9ClN2OS. The third-order valence-corrected chi connectivity index (χ3v) is 3.27. The zero-order chi connectivity index (χ0) is 11.5. The summed E-state index contributed by atoms with van der Waals surface area (Å²) in [5.74, 6) is -0.111. The van der Waals surface area contributed by atoms with Crippen molar-refractivity contribution >= 4 is 40.5 Å². The van der Waals surface area contributed by atoms with Crippen molar-refractivity contribution in [2.45, 2.75) is 0 Å². The molecule has 0 saturated carbocycles. The number of hydrogen-bond acceptors (Lipinski definition) is 3. The van der Waals surface area contributed by atoms with Crippen molar-refractivity contribution in [1.82, 2.24) is 5.32 Å². The van der Waals surface area contributed by atoms with Crippen LogP contribution in [0.4, 0.5) is 0 Å². The third kappa shape index (κ3) is 2.46. The molecule has 1 saturated heterocycles. The van der Waals surface area contributed by atoms with E-state index in [2.05, 4.69) is 10.3 Å². The summed E-state index contributed by atoms with van der Waals surface area (Å²) < 4.78 is 0. The minimum atomic E-state index is -0.111. The van der Waals surface area contributed by atoms with Crippen LogP contribution in [0.3, 0.4) is 0 Å². The van der Waals surface area contributed by atoms with Crippen LogP contribution in [0.15, 0.2) is 34.2 Å². The van der Waals surface area contributed by atoms with E-state index in [0.717, 1.165) is 5.56 Å². The van der Waals surface area contributed by atoms with Crippen LogP contribution in [0.2, 0.25) is 5.02 Å². The Hall–Kier alpha value is -1.26. The first-order chi connectivity index (χ1) is 7.69. The van der Waals surface area contributed by atoms with Crippen molar-refractivity contribution in [1.29, 1.82) is 0 Å². The van der Waals surface area contributed by atoms with E-state index in [9.17, 15) is 4.79 Å². The second-order valence-corrected chi connectivity index (χ2v) is 4.61. The molecule has 1 heterocycles. The summed E-state index contributed by atoms with van der Waals surface area (Å²) >= 11 is 7.11. The van der Waals surface area contributed by atoms with Gasteiger partial charge in [0.1, 0.15) is 0 Å². The predicted molar refractivity (Wildman–Crippen MR) is 68.5 cm³/mol. The van der Waals surface area contributed by atoms with Gasteiger partial charge in [-0.05, 0) is 35.5 Å². The van der Waals surface area contributed by atoms with Crippen molar-refractivity contribution in [3.8, 4) is 0 Å². The van der Waals surface area contributed by atoms with Crippen molar-refractivity contribution in [2.24, 2.45) is 4.99 Å². The SMILES string of the molecule is CN=C1NC(=O)C(=Cc2ccc(Cl)cc2)S1. The number of amides is 1. The first-order valence-electron chi connectivity index (χ1n) is 4.62. The van der Waals surface area contributed by atoms with Gasteiger partial charge in [0.2, 0.25) is 0 Å². The predicted octanol–water partition coefficient (Wildman–Crippen LogP) is 2.53. The van der Waals surface area contributed by atoms with E-state index in [4.69, 9.17) is 11.6 Å². The molecule has 0 unspecified atom stereocenters. The van der Waals surface area contributed by atoms with Crippen LogP contribution >= 0.6 is 23.4 Å². The van der Waals surface area contributed by atoms with Crippen LogP contribution in [0.25, 0.3) is 6.08 Å². The number of thioether (sulfide) groups is 1. The average molecular weight is 253 g/mol. The number of nitrogens with one attached hydrogen (secondary N) is 1. The van der Waals surface area contributed by atoms with Crippen LogP contribution in [0, 0.1) is 0 Å². The fourth-order valence-electron chi connectivity index (χ4n) is 1.24. The highest BCUT2D eigenvalue weighted by Gasteiger charge is 2.22. The Bertz CT molecular complexity index is 479. The van der Waals surface area contributed by atoms with Gasteiger partial charge in [0, 0.05) is 12.1 Å². The lowest BCUT2D eigenvalue weighted by atomic mass is 10.2. The first-order valence-corrected chi connectivity index (χ1v) is 5.82. The maximum atomic E-state index is 11.5. The normalized spacial score (nSPS) is 20.5. The molecular weight excluding hydrogens is 244 g/mol. The summed E-state index contributed by atoms with van der Waals surface area (Å²) in [6.07, 6.45) is 1.81. The van der Waals surface area contributed by atoms with Crippen LogP contribution in [0.1, 0.15) is 5.56 Å². The van der Waals surface area contributed by atoms with Gasteiger partial charge < -0.3 is 5.32 Å². The molecule has 0 radical (unpaired) electrons.